The molecule has 1 saturated heterocycles. The second-order valence-electron chi connectivity index (χ2n) is 5.20. The molecule has 5 heteroatoms. The fourth-order valence-electron chi connectivity index (χ4n) is 2.39. The first-order chi connectivity index (χ1) is 9.06. The van der Waals surface area contributed by atoms with Gasteiger partial charge in [-0.2, -0.15) is 0 Å². The average Bonchev–Trinajstić information content (AvgIpc) is 2.39. The van der Waals surface area contributed by atoms with Crippen molar-refractivity contribution in [1.29, 1.82) is 0 Å². The highest BCUT2D eigenvalue weighted by Crippen LogP contribution is 2.19. The largest absolute Gasteiger partial charge is 0.356 e. The van der Waals surface area contributed by atoms with Gasteiger partial charge in [0.25, 0.3) is 0 Å². The maximum atomic E-state index is 11.0. The molecule has 104 valence electrons. The van der Waals surface area contributed by atoms with Crippen molar-refractivity contribution < 1.29 is 4.79 Å². The molecule has 0 radical (unpaired) electrons. The smallest absolute Gasteiger partial charge is 0.217 e. The van der Waals surface area contributed by atoms with E-state index in [1.165, 1.54) is 0 Å². The molecule has 3 N–H and O–H groups in total. The van der Waals surface area contributed by atoms with Gasteiger partial charge in [0.15, 0.2) is 0 Å². The summed E-state index contributed by atoms with van der Waals surface area (Å²) in [6.45, 7) is 5.38. The molecule has 0 aliphatic carbocycles. The summed E-state index contributed by atoms with van der Waals surface area (Å²) in [4.78, 5) is 17.7. The second-order valence-corrected chi connectivity index (χ2v) is 5.20. The molecule has 2 rings (SSSR count). The van der Waals surface area contributed by atoms with E-state index in [4.69, 9.17) is 5.73 Å². The van der Waals surface area contributed by atoms with Gasteiger partial charge >= 0.3 is 0 Å². The van der Waals surface area contributed by atoms with E-state index in [1.807, 2.05) is 25.3 Å². The van der Waals surface area contributed by atoms with Crippen molar-refractivity contribution in [3.05, 3.63) is 23.9 Å². The number of nitrogens with zero attached hydrogens (tertiary/aromatic N) is 2. The zero-order valence-electron chi connectivity index (χ0n) is 11.6. The number of amides is 1. The average molecular weight is 262 g/mol. The molecule has 0 spiro atoms. The van der Waals surface area contributed by atoms with Crippen molar-refractivity contribution in [3.63, 3.8) is 0 Å². The van der Waals surface area contributed by atoms with Gasteiger partial charge in [0.05, 0.1) is 0 Å². The molecule has 2 heterocycles. The molecule has 0 saturated carbocycles. The van der Waals surface area contributed by atoms with E-state index >= 15 is 0 Å². The fourth-order valence-corrected chi connectivity index (χ4v) is 2.39. The van der Waals surface area contributed by atoms with Gasteiger partial charge in [0.1, 0.15) is 5.82 Å². The number of nitrogens with one attached hydrogen (secondary N) is 1. The molecule has 1 aliphatic heterocycles. The Balaban J connectivity index is 1.92. The Kier molecular flexibility index (Phi) is 4.37. The maximum absolute atomic E-state index is 11.0. The lowest BCUT2D eigenvalue weighted by molar-refractivity contribution is -0.119. The van der Waals surface area contributed by atoms with Crippen molar-refractivity contribution in [2.45, 2.75) is 38.8 Å². The summed E-state index contributed by atoms with van der Waals surface area (Å²) in [5.41, 5.74) is 6.87. The summed E-state index contributed by atoms with van der Waals surface area (Å²) in [5.74, 6) is 1.04. The van der Waals surface area contributed by atoms with Crippen molar-refractivity contribution in [1.82, 2.24) is 10.3 Å². The number of hydrogen-bond acceptors (Lipinski definition) is 4. The summed E-state index contributed by atoms with van der Waals surface area (Å²) < 4.78 is 0. The van der Waals surface area contributed by atoms with E-state index in [1.54, 1.807) is 6.92 Å². The number of rotatable bonds is 3. The summed E-state index contributed by atoms with van der Waals surface area (Å²) in [5, 5.41) is 2.98. The van der Waals surface area contributed by atoms with Gasteiger partial charge in [-0.1, -0.05) is 6.07 Å². The van der Waals surface area contributed by atoms with Gasteiger partial charge < -0.3 is 16.0 Å². The van der Waals surface area contributed by atoms with Crippen LogP contribution in [0.3, 0.4) is 0 Å². The molecular weight excluding hydrogens is 240 g/mol. The first-order valence-electron chi connectivity index (χ1n) is 6.80. The van der Waals surface area contributed by atoms with Gasteiger partial charge in [-0.3, -0.25) is 4.79 Å². The Bertz CT molecular complexity index is 422. The van der Waals surface area contributed by atoms with Crippen LogP contribution < -0.4 is 16.0 Å². The Morgan fingerprint density at radius 2 is 2.16 bits per heavy atom. The summed E-state index contributed by atoms with van der Waals surface area (Å²) >= 11 is 0. The van der Waals surface area contributed by atoms with Crippen LogP contribution in [0.1, 0.15) is 38.3 Å². The van der Waals surface area contributed by atoms with Gasteiger partial charge in [0.2, 0.25) is 5.91 Å². The normalized spacial score (nSPS) is 18.2. The molecule has 1 aromatic heterocycles. The van der Waals surface area contributed by atoms with Crippen LogP contribution in [0.15, 0.2) is 18.3 Å². The maximum Gasteiger partial charge on any atom is 0.217 e. The van der Waals surface area contributed by atoms with Crippen LogP contribution in [0.5, 0.6) is 0 Å². The first-order valence-corrected chi connectivity index (χ1v) is 6.80. The molecular formula is C14H22N4O. The third-order valence-corrected chi connectivity index (χ3v) is 3.52. The monoisotopic (exact) mass is 262 g/mol. The van der Waals surface area contributed by atoms with Crippen LogP contribution in [0.4, 0.5) is 5.82 Å². The number of aromatic nitrogens is 1. The minimum Gasteiger partial charge on any atom is -0.356 e. The Labute approximate surface area is 114 Å². The Morgan fingerprint density at radius 3 is 2.63 bits per heavy atom. The lowest BCUT2D eigenvalue weighted by atomic mass is 10.0. The topological polar surface area (TPSA) is 71.2 Å². The Hall–Kier alpha value is -1.62. The molecule has 0 bridgehead atoms. The van der Waals surface area contributed by atoms with E-state index in [-0.39, 0.29) is 11.9 Å². The highest BCUT2D eigenvalue weighted by molar-refractivity contribution is 5.73. The Morgan fingerprint density at radius 1 is 1.47 bits per heavy atom. The van der Waals surface area contributed by atoms with Gasteiger partial charge in [0, 0.05) is 38.3 Å². The number of carbonyl (C=O) groups excluding carboxylic acids is 1. The number of nitrogens with two attached hydrogens (primary N) is 1. The quantitative estimate of drug-likeness (QED) is 0.859. The van der Waals surface area contributed by atoms with Crippen molar-refractivity contribution in [3.8, 4) is 0 Å². The third kappa shape index (κ3) is 3.67. The molecule has 1 amide bonds. The van der Waals surface area contributed by atoms with Gasteiger partial charge in [-0.25, -0.2) is 4.98 Å². The molecule has 1 aliphatic rings. The molecule has 1 aromatic rings. The zero-order valence-corrected chi connectivity index (χ0v) is 11.6. The first kappa shape index (κ1) is 13.8. The number of anilines is 1. The number of hydrogen-bond donors (Lipinski definition) is 2. The van der Waals surface area contributed by atoms with Gasteiger partial charge in [-0.05, 0) is 31.4 Å². The minimum atomic E-state index is 0.0204. The standard InChI is InChI=1S/C14H22N4O/c1-10(15)12-3-4-14(16-9-12)18-7-5-13(6-8-18)17-11(2)19/h3-4,9-10,13H,5-8,15H2,1-2H3,(H,17,19). The van der Waals surface area contributed by atoms with E-state index < -0.39 is 0 Å². The highest BCUT2D eigenvalue weighted by atomic mass is 16.1. The number of pyridine rings is 1. The van der Waals surface area contributed by atoms with E-state index in [0.29, 0.717) is 6.04 Å². The van der Waals surface area contributed by atoms with Crippen LogP contribution in [-0.2, 0) is 4.79 Å². The summed E-state index contributed by atoms with van der Waals surface area (Å²) in [7, 11) is 0. The SMILES string of the molecule is CC(=O)NC1CCN(c2ccc(C(C)N)cn2)CC1. The third-order valence-electron chi connectivity index (χ3n) is 3.52. The van der Waals surface area contributed by atoms with Crippen molar-refractivity contribution in [2.75, 3.05) is 18.0 Å². The van der Waals surface area contributed by atoms with E-state index in [2.05, 4.69) is 15.2 Å². The fraction of sp³-hybridized carbons (Fsp3) is 0.571. The zero-order chi connectivity index (χ0) is 13.8. The van der Waals surface area contributed by atoms with Crippen LogP contribution in [0.2, 0.25) is 0 Å². The number of carbonyl (C=O) groups is 1. The molecule has 1 unspecified atom stereocenters. The van der Waals surface area contributed by atoms with Crippen LogP contribution in [-0.4, -0.2) is 30.0 Å². The molecule has 19 heavy (non-hydrogen) atoms. The summed E-state index contributed by atoms with van der Waals surface area (Å²) in [6.07, 6.45) is 3.78. The lowest BCUT2D eigenvalue weighted by Crippen LogP contribution is -2.44. The summed E-state index contributed by atoms with van der Waals surface area (Å²) in [6, 6.07) is 4.38. The molecule has 5 nitrogen and oxygen atoms in total. The molecule has 1 atom stereocenters. The van der Waals surface area contributed by atoms with E-state index in [0.717, 1.165) is 37.3 Å². The second kappa shape index (κ2) is 6.02. The van der Waals surface area contributed by atoms with Crippen molar-refractivity contribution >= 4 is 11.7 Å². The number of piperidine rings is 1. The predicted octanol–water partition coefficient (Wildman–Crippen LogP) is 1.21. The van der Waals surface area contributed by atoms with Crippen molar-refractivity contribution in [2.24, 2.45) is 5.73 Å². The highest BCUT2D eigenvalue weighted by Gasteiger charge is 2.20. The van der Waals surface area contributed by atoms with Crippen LogP contribution in [0, 0.1) is 0 Å². The minimum absolute atomic E-state index is 0.0204. The molecule has 0 aromatic carbocycles. The predicted molar refractivity (Wildman–Crippen MR) is 75.9 cm³/mol. The lowest BCUT2D eigenvalue weighted by Gasteiger charge is -2.33. The van der Waals surface area contributed by atoms with Gasteiger partial charge in [-0.15, -0.1) is 0 Å². The molecule has 1 fully saturated rings. The van der Waals surface area contributed by atoms with E-state index in [9.17, 15) is 4.79 Å². The van der Waals surface area contributed by atoms with Crippen LogP contribution in [0.25, 0.3) is 0 Å². The van der Waals surface area contributed by atoms with Crippen LogP contribution >= 0.6 is 0 Å².